The van der Waals surface area contributed by atoms with Gasteiger partial charge < -0.3 is 10.1 Å². The quantitative estimate of drug-likeness (QED) is 0.914. The highest BCUT2D eigenvalue weighted by atomic mass is 79.9. The van der Waals surface area contributed by atoms with Crippen LogP contribution in [0.15, 0.2) is 41.0 Å². The van der Waals surface area contributed by atoms with E-state index in [0.717, 1.165) is 27.3 Å². The summed E-state index contributed by atoms with van der Waals surface area (Å²) in [6, 6.07) is 9.85. The number of hydrogen-bond donors (Lipinski definition) is 1. The number of hydrogen-bond acceptors (Lipinski definition) is 3. The number of halogens is 1. The first kappa shape index (κ1) is 12.9. The summed E-state index contributed by atoms with van der Waals surface area (Å²) >= 11 is 3.49. The molecule has 4 heteroatoms. The summed E-state index contributed by atoms with van der Waals surface area (Å²) in [6.07, 6.45) is 1.83. The lowest BCUT2D eigenvalue weighted by molar-refractivity contribution is 0.340. The highest BCUT2D eigenvalue weighted by molar-refractivity contribution is 9.10. The average molecular weight is 307 g/mol. The van der Waals surface area contributed by atoms with E-state index in [0.29, 0.717) is 6.61 Å². The van der Waals surface area contributed by atoms with E-state index in [2.05, 4.69) is 26.2 Å². The summed E-state index contributed by atoms with van der Waals surface area (Å²) in [5, 5.41) is 3.26. The molecule has 2 aromatic rings. The number of anilines is 2. The van der Waals surface area contributed by atoms with Crippen molar-refractivity contribution in [2.24, 2.45) is 0 Å². The summed E-state index contributed by atoms with van der Waals surface area (Å²) in [5.41, 5.74) is 2.11. The van der Waals surface area contributed by atoms with Crippen LogP contribution >= 0.6 is 15.9 Å². The maximum Gasteiger partial charge on any atom is 0.144 e. The molecular weight excluding hydrogens is 292 g/mol. The van der Waals surface area contributed by atoms with Gasteiger partial charge in [0, 0.05) is 11.9 Å². The maximum atomic E-state index is 5.40. The fourth-order valence-electron chi connectivity index (χ4n) is 1.56. The van der Waals surface area contributed by atoms with Gasteiger partial charge in [0.2, 0.25) is 0 Å². The molecule has 1 aromatic carbocycles. The van der Waals surface area contributed by atoms with Gasteiger partial charge in [-0.25, -0.2) is 4.98 Å². The Balaban J connectivity index is 2.13. The molecule has 0 radical (unpaired) electrons. The van der Waals surface area contributed by atoms with E-state index in [1.54, 1.807) is 0 Å². The van der Waals surface area contributed by atoms with Gasteiger partial charge in [0.1, 0.15) is 11.6 Å². The van der Waals surface area contributed by atoms with Crippen LogP contribution in [-0.2, 0) is 0 Å². The molecule has 0 spiro atoms. The predicted octanol–water partition coefficient (Wildman–Crippen LogP) is 4.29. The minimum absolute atomic E-state index is 0.678. The molecule has 0 aliphatic carbocycles. The Kier molecular flexibility index (Phi) is 4.20. The van der Waals surface area contributed by atoms with Crippen LogP contribution < -0.4 is 10.1 Å². The number of ether oxygens (including phenoxy) is 1. The molecule has 18 heavy (non-hydrogen) atoms. The lowest BCUT2D eigenvalue weighted by Gasteiger charge is -2.09. The molecule has 0 unspecified atom stereocenters. The largest absolute Gasteiger partial charge is 0.494 e. The molecule has 3 nitrogen and oxygen atoms in total. The molecule has 0 fully saturated rings. The van der Waals surface area contributed by atoms with Gasteiger partial charge in [0.05, 0.1) is 11.1 Å². The summed E-state index contributed by atoms with van der Waals surface area (Å²) in [4.78, 5) is 4.34. The van der Waals surface area contributed by atoms with Crippen LogP contribution in [0, 0.1) is 6.92 Å². The smallest absolute Gasteiger partial charge is 0.144 e. The Morgan fingerprint density at radius 3 is 2.61 bits per heavy atom. The normalized spacial score (nSPS) is 10.2. The topological polar surface area (TPSA) is 34.1 Å². The molecule has 0 bridgehead atoms. The molecular formula is C14H15BrN2O. The first-order valence-electron chi connectivity index (χ1n) is 5.81. The summed E-state index contributed by atoms with van der Waals surface area (Å²) < 4.78 is 6.35. The molecule has 94 valence electrons. The Bertz CT molecular complexity index is 526. The van der Waals surface area contributed by atoms with Crippen molar-refractivity contribution < 1.29 is 4.74 Å². The van der Waals surface area contributed by atoms with Crippen molar-refractivity contribution in [3.05, 3.63) is 46.6 Å². The third kappa shape index (κ3) is 3.23. The minimum Gasteiger partial charge on any atom is -0.494 e. The Morgan fingerprint density at radius 1 is 1.28 bits per heavy atom. The van der Waals surface area contributed by atoms with Gasteiger partial charge in [-0.15, -0.1) is 0 Å². The predicted molar refractivity (Wildman–Crippen MR) is 77.6 cm³/mol. The van der Waals surface area contributed by atoms with Crippen molar-refractivity contribution in [2.45, 2.75) is 13.8 Å². The lowest BCUT2D eigenvalue weighted by Crippen LogP contribution is -1.96. The highest BCUT2D eigenvalue weighted by Crippen LogP contribution is 2.25. The van der Waals surface area contributed by atoms with Crippen molar-refractivity contribution in [1.29, 1.82) is 0 Å². The second kappa shape index (κ2) is 5.87. The first-order valence-corrected chi connectivity index (χ1v) is 6.60. The summed E-state index contributed by atoms with van der Waals surface area (Å²) in [6.45, 7) is 4.66. The number of pyridine rings is 1. The van der Waals surface area contributed by atoms with Crippen LogP contribution in [0.5, 0.6) is 5.75 Å². The number of aryl methyl sites for hydroxylation is 1. The van der Waals surface area contributed by atoms with E-state index in [9.17, 15) is 0 Å². The molecule has 0 saturated carbocycles. The van der Waals surface area contributed by atoms with Gasteiger partial charge in [0.25, 0.3) is 0 Å². The van der Waals surface area contributed by atoms with E-state index in [4.69, 9.17) is 4.74 Å². The van der Waals surface area contributed by atoms with E-state index in [1.165, 1.54) is 0 Å². The van der Waals surface area contributed by atoms with Crippen molar-refractivity contribution in [2.75, 3.05) is 11.9 Å². The molecule has 1 N–H and O–H groups in total. The second-order valence-corrected chi connectivity index (χ2v) is 4.78. The van der Waals surface area contributed by atoms with E-state index >= 15 is 0 Å². The standard InChI is InChI=1S/C14H15BrN2O/c1-3-18-12-6-4-11(5-7-12)17-14-13(15)8-10(2)9-16-14/h4-9H,3H2,1-2H3,(H,16,17). The lowest BCUT2D eigenvalue weighted by atomic mass is 10.3. The van der Waals surface area contributed by atoms with Crippen LogP contribution in [-0.4, -0.2) is 11.6 Å². The Morgan fingerprint density at radius 2 is 2.00 bits per heavy atom. The number of nitrogens with zero attached hydrogens (tertiary/aromatic N) is 1. The number of aromatic nitrogens is 1. The van der Waals surface area contributed by atoms with E-state index < -0.39 is 0 Å². The Hall–Kier alpha value is -1.55. The molecule has 0 saturated heterocycles. The molecule has 2 rings (SSSR count). The monoisotopic (exact) mass is 306 g/mol. The van der Waals surface area contributed by atoms with Crippen molar-refractivity contribution in [1.82, 2.24) is 4.98 Å². The summed E-state index contributed by atoms with van der Waals surface area (Å²) in [7, 11) is 0. The van der Waals surface area contributed by atoms with Gasteiger partial charge in [-0.05, 0) is 65.7 Å². The molecule has 0 amide bonds. The Labute approximate surface area is 115 Å². The minimum atomic E-state index is 0.678. The highest BCUT2D eigenvalue weighted by Gasteiger charge is 2.02. The van der Waals surface area contributed by atoms with Crippen LogP contribution in [0.1, 0.15) is 12.5 Å². The van der Waals surface area contributed by atoms with Crippen molar-refractivity contribution >= 4 is 27.4 Å². The van der Waals surface area contributed by atoms with Crippen LogP contribution in [0.2, 0.25) is 0 Å². The molecule has 0 aliphatic heterocycles. The SMILES string of the molecule is CCOc1ccc(Nc2ncc(C)cc2Br)cc1. The maximum absolute atomic E-state index is 5.40. The van der Waals surface area contributed by atoms with Gasteiger partial charge in [-0.3, -0.25) is 0 Å². The zero-order chi connectivity index (χ0) is 13.0. The summed E-state index contributed by atoms with van der Waals surface area (Å²) in [5.74, 6) is 1.68. The third-order valence-corrected chi connectivity index (χ3v) is 3.01. The van der Waals surface area contributed by atoms with Crippen molar-refractivity contribution in [3.63, 3.8) is 0 Å². The first-order chi connectivity index (χ1) is 8.69. The molecule has 1 aromatic heterocycles. The van der Waals surface area contributed by atoms with Gasteiger partial charge in [-0.1, -0.05) is 0 Å². The van der Waals surface area contributed by atoms with Crippen molar-refractivity contribution in [3.8, 4) is 5.75 Å². The van der Waals surface area contributed by atoms with Gasteiger partial charge in [-0.2, -0.15) is 0 Å². The second-order valence-electron chi connectivity index (χ2n) is 3.93. The van der Waals surface area contributed by atoms with Gasteiger partial charge >= 0.3 is 0 Å². The van der Waals surface area contributed by atoms with E-state index in [-0.39, 0.29) is 0 Å². The average Bonchev–Trinajstić information content (AvgIpc) is 2.35. The number of benzene rings is 1. The van der Waals surface area contributed by atoms with Gasteiger partial charge in [0.15, 0.2) is 0 Å². The van der Waals surface area contributed by atoms with Crippen LogP contribution in [0.3, 0.4) is 0 Å². The zero-order valence-corrected chi connectivity index (χ0v) is 12.0. The fraction of sp³-hybridized carbons (Fsp3) is 0.214. The van der Waals surface area contributed by atoms with E-state index in [1.807, 2.05) is 50.4 Å². The fourth-order valence-corrected chi connectivity index (χ4v) is 2.13. The van der Waals surface area contributed by atoms with Crippen LogP contribution in [0.25, 0.3) is 0 Å². The number of rotatable bonds is 4. The molecule has 0 aliphatic rings. The van der Waals surface area contributed by atoms with Crippen LogP contribution in [0.4, 0.5) is 11.5 Å². The number of nitrogens with one attached hydrogen (secondary N) is 1. The molecule has 0 atom stereocenters. The molecule has 1 heterocycles. The zero-order valence-electron chi connectivity index (χ0n) is 10.4. The third-order valence-electron chi connectivity index (χ3n) is 2.41.